The molecule has 1 N–H and O–H groups in total. The summed E-state index contributed by atoms with van der Waals surface area (Å²) in [7, 11) is 3.12. The van der Waals surface area contributed by atoms with Crippen molar-refractivity contribution in [1.82, 2.24) is 14.8 Å². The Bertz CT molecular complexity index is 1030. The molecule has 0 fully saturated rings. The highest BCUT2D eigenvalue weighted by Gasteiger charge is 2.16. The van der Waals surface area contributed by atoms with Gasteiger partial charge in [0, 0.05) is 18.2 Å². The average Bonchev–Trinajstić information content (AvgIpc) is 3.16. The van der Waals surface area contributed by atoms with Gasteiger partial charge in [0.2, 0.25) is 5.91 Å². The van der Waals surface area contributed by atoms with Gasteiger partial charge in [-0.2, -0.15) is 0 Å². The van der Waals surface area contributed by atoms with E-state index in [0.29, 0.717) is 28.9 Å². The number of carbonyl (C=O) groups excluding carboxylic acids is 1. The number of nitrogens with one attached hydrogen (secondary N) is 1. The molecule has 0 spiro atoms. The maximum absolute atomic E-state index is 12.5. The Morgan fingerprint density at radius 1 is 1.17 bits per heavy atom. The number of aromatic nitrogens is 3. The van der Waals surface area contributed by atoms with Gasteiger partial charge in [0.25, 0.3) is 0 Å². The Morgan fingerprint density at radius 2 is 1.93 bits per heavy atom. The first-order chi connectivity index (χ1) is 14.5. The van der Waals surface area contributed by atoms with Gasteiger partial charge in [-0.15, -0.1) is 16.8 Å². The first-order valence-corrected chi connectivity index (χ1v) is 10.3. The van der Waals surface area contributed by atoms with Gasteiger partial charge in [-0.05, 0) is 19.1 Å². The molecule has 156 valence electrons. The van der Waals surface area contributed by atoms with Crippen molar-refractivity contribution in [1.29, 1.82) is 0 Å². The summed E-state index contributed by atoms with van der Waals surface area (Å²) in [6, 6.07) is 13.3. The van der Waals surface area contributed by atoms with E-state index in [2.05, 4.69) is 22.1 Å². The summed E-state index contributed by atoms with van der Waals surface area (Å²) in [5.41, 5.74) is 2.72. The van der Waals surface area contributed by atoms with Crippen LogP contribution in [0.1, 0.15) is 5.56 Å². The maximum Gasteiger partial charge on any atom is 0.234 e. The van der Waals surface area contributed by atoms with E-state index in [-0.39, 0.29) is 11.7 Å². The fraction of sp³-hybridized carbons (Fsp3) is 0.227. The van der Waals surface area contributed by atoms with Crippen LogP contribution in [0.25, 0.3) is 11.4 Å². The van der Waals surface area contributed by atoms with E-state index >= 15 is 0 Å². The summed E-state index contributed by atoms with van der Waals surface area (Å²) in [4.78, 5) is 12.5. The molecule has 1 amide bonds. The van der Waals surface area contributed by atoms with Gasteiger partial charge in [0.1, 0.15) is 11.5 Å². The number of anilines is 1. The second-order valence-electron chi connectivity index (χ2n) is 6.47. The number of aryl methyl sites for hydroxylation is 1. The molecule has 0 bridgehead atoms. The second-order valence-corrected chi connectivity index (χ2v) is 7.42. The van der Waals surface area contributed by atoms with Crippen LogP contribution >= 0.6 is 11.8 Å². The van der Waals surface area contributed by atoms with Crippen molar-refractivity contribution in [3.05, 3.63) is 60.7 Å². The molecule has 0 aliphatic heterocycles. The van der Waals surface area contributed by atoms with Crippen molar-refractivity contribution < 1.29 is 14.3 Å². The largest absolute Gasteiger partial charge is 0.497 e. The molecule has 1 aromatic heterocycles. The van der Waals surface area contributed by atoms with Crippen LogP contribution in [0.4, 0.5) is 5.69 Å². The van der Waals surface area contributed by atoms with Crippen LogP contribution in [-0.2, 0) is 11.3 Å². The molecule has 0 unspecified atom stereocenters. The molecule has 3 rings (SSSR count). The van der Waals surface area contributed by atoms with E-state index in [1.165, 1.54) is 17.3 Å². The van der Waals surface area contributed by atoms with Crippen LogP contribution in [0.3, 0.4) is 0 Å². The molecule has 1 heterocycles. The number of benzene rings is 2. The molecule has 0 aliphatic carbocycles. The number of amides is 1. The number of allylic oxidation sites excluding steroid dienone is 1. The zero-order valence-corrected chi connectivity index (χ0v) is 18.0. The fourth-order valence-corrected chi connectivity index (χ4v) is 3.57. The predicted octanol–water partition coefficient (Wildman–Crippen LogP) is 4.19. The van der Waals surface area contributed by atoms with Crippen molar-refractivity contribution in [2.75, 3.05) is 25.3 Å². The lowest BCUT2D eigenvalue weighted by Crippen LogP contribution is -2.15. The SMILES string of the molecule is C=CCn1c(SCC(=O)Nc2ccc(OC)cc2OC)nnc1-c1ccc(C)cc1. The van der Waals surface area contributed by atoms with Gasteiger partial charge >= 0.3 is 0 Å². The van der Waals surface area contributed by atoms with E-state index in [9.17, 15) is 4.79 Å². The summed E-state index contributed by atoms with van der Waals surface area (Å²) in [5, 5.41) is 12.1. The van der Waals surface area contributed by atoms with Crippen LogP contribution in [-0.4, -0.2) is 40.6 Å². The molecule has 0 aliphatic rings. The van der Waals surface area contributed by atoms with Gasteiger partial charge in [0.15, 0.2) is 11.0 Å². The number of thioether (sulfide) groups is 1. The summed E-state index contributed by atoms with van der Waals surface area (Å²) >= 11 is 1.32. The number of rotatable bonds is 9. The minimum absolute atomic E-state index is 0.173. The number of ether oxygens (including phenoxy) is 2. The number of carbonyl (C=O) groups is 1. The zero-order valence-electron chi connectivity index (χ0n) is 17.2. The van der Waals surface area contributed by atoms with Gasteiger partial charge in [-0.3, -0.25) is 9.36 Å². The normalized spacial score (nSPS) is 10.5. The molecule has 0 saturated carbocycles. The standard InChI is InChI=1S/C22H24N4O3S/c1-5-12-26-21(16-8-6-15(2)7-9-16)24-25-22(26)30-14-20(27)23-18-11-10-17(28-3)13-19(18)29-4/h5-11,13H,1,12,14H2,2-4H3,(H,23,27). The van der Waals surface area contributed by atoms with Crippen molar-refractivity contribution in [2.24, 2.45) is 0 Å². The van der Waals surface area contributed by atoms with Crippen LogP contribution in [0, 0.1) is 6.92 Å². The Morgan fingerprint density at radius 3 is 2.60 bits per heavy atom. The molecule has 2 aromatic carbocycles. The van der Waals surface area contributed by atoms with Crippen molar-refractivity contribution >= 4 is 23.4 Å². The third-order valence-electron chi connectivity index (χ3n) is 4.35. The van der Waals surface area contributed by atoms with E-state index in [1.54, 1.807) is 38.5 Å². The molecular formula is C22H24N4O3S. The molecular weight excluding hydrogens is 400 g/mol. The Hall–Kier alpha value is -3.26. The van der Waals surface area contributed by atoms with E-state index < -0.39 is 0 Å². The quantitative estimate of drug-likeness (QED) is 0.410. The Kier molecular flexibility index (Phi) is 7.13. The Labute approximate surface area is 180 Å². The summed E-state index contributed by atoms with van der Waals surface area (Å²) in [6.07, 6.45) is 1.79. The third-order valence-corrected chi connectivity index (χ3v) is 5.32. The lowest BCUT2D eigenvalue weighted by molar-refractivity contribution is -0.113. The smallest absolute Gasteiger partial charge is 0.234 e. The summed E-state index contributed by atoms with van der Waals surface area (Å²) in [6.45, 7) is 6.41. The third kappa shape index (κ3) is 5.01. The fourth-order valence-electron chi connectivity index (χ4n) is 2.82. The topological polar surface area (TPSA) is 78.3 Å². The van der Waals surface area contributed by atoms with Crippen molar-refractivity contribution in [2.45, 2.75) is 18.6 Å². The molecule has 0 atom stereocenters. The van der Waals surface area contributed by atoms with Gasteiger partial charge in [-0.25, -0.2) is 0 Å². The molecule has 7 nitrogen and oxygen atoms in total. The number of nitrogens with zero attached hydrogens (tertiary/aromatic N) is 3. The monoisotopic (exact) mass is 424 g/mol. The molecule has 0 saturated heterocycles. The minimum Gasteiger partial charge on any atom is -0.497 e. The molecule has 3 aromatic rings. The summed E-state index contributed by atoms with van der Waals surface area (Å²) < 4.78 is 12.5. The molecule has 8 heteroatoms. The zero-order chi connectivity index (χ0) is 21.5. The van der Waals surface area contributed by atoms with Crippen LogP contribution < -0.4 is 14.8 Å². The van der Waals surface area contributed by atoms with Gasteiger partial charge in [-0.1, -0.05) is 47.7 Å². The molecule has 30 heavy (non-hydrogen) atoms. The highest BCUT2D eigenvalue weighted by molar-refractivity contribution is 7.99. The van der Waals surface area contributed by atoms with Gasteiger partial charge in [0.05, 0.1) is 25.7 Å². The second kappa shape index (κ2) is 9.98. The number of hydrogen-bond acceptors (Lipinski definition) is 6. The first kappa shape index (κ1) is 21.4. The first-order valence-electron chi connectivity index (χ1n) is 9.31. The van der Waals surface area contributed by atoms with Gasteiger partial charge < -0.3 is 14.8 Å². The van der Waals surface area contributed by atoms with Crippen molar-refractivity contribution in [3.63, 3.8) is 0 Å². The number of hydrogen-bond donors (Lipinski definition) is 1. The van der Waals surface area contributed by atoms with Crippen LogP contribution in [0.5, 0.6) is 11.5 Å². The van der Waals surface area contributed by atoms with Crippen LogP contribution in [0.15, 0.2) is 60.3 Å². The van der Waals surface area contributed by atoms with E-state index in [0.717, 1.165) is 11.4 Å². The lowest BCUT2D eigenvalue weighted by Gasteiger charge is -2.12. The minimum atomic E-state index is -0.173. The lowest BCUT2D eigenvalue weighted by atomic mass is 10.1. The Balaban J connectivity index is 1.72. The number of methoxy groups -OCH3 is 2. The highest BCUT2D eigenvalue weighted by atomic mass is 32.2. The predicted molar refractivity (Wildman–Crippen MR) is 119 cm³/mol. The molecule has 0 radical (unpaired) electrons. The van der Waals surface area contributed by atoms with E-state index in [1.807, 2.05) is 35.8 Å². The van der Waals surface area contributed by atoms with Crippen molar-refractivity contribution in [3.8, 4) is 22.9 Å². The van der Waals surface area contributed by atoms with E-state index in [4.69, 9.17) is 9.47 Å². The summed E-state index contributed by atoms with van der Waals surface area (Å²) in [5.74, 6) is 1.94. The maximum atomic E-state index is 12.5. The van der Waals surface area contributed by atoms with Crippen LogP contribution in [0.2, 0.25) is 0 Å². The highest BCUT2D eigenvalue weighted by Crippen LogP contribution is 2.30. The average molecular weight is 425 g/mol.